The van der Waals surface area contributed by atoms with Gasteiger partial charge in [0, 0.05) is 0 Å². The second-order valence-corrected chi connectivity index (χ2v) is 2.64. The van der Waals surface area contributed by atoms with Gasteiger partial charge < -0.3 is 0 Å². The van der Waals surface area contributed by atoms with Gasteiger partial charge in [0.25, 0.3) is 0 Å². The molecule has 0 bridgehead atoms. The Labute approximate surface area is 77.7 Å². The standard InChI is InChI=1S/C10H16.C2H6/c1-6-9(4)7-10(5)8(2)3;1-2/h6-7H,2H2,1,3-5H3;1-2H3/b9-6-,10-7-;. The van der Waals surface area contributed by atoms with Gasteiger partial charge in [-0.3, -0.25) is 0 Å². The van der Waals surface area contributed by atoms with E-state index in [2.05, 4.69) is 32.6 Å². The van der Waals surface area contributed by atoms with Crippen molar-refractivity contribution in [2.75, 3.05) is 0 Å². The molecule has 0 heterocycles. The molecule has 0 aromatic carbocycles. The van der Waals surface area contributed by atoms with E-state index < -0.39 is 0 Å². The van der Waals surface area contributed by atoms with Crippen LogP contribution in [0.1, 0.15) is 41.5 Å². The maximum absolute atomic E-state index is 3.85. The van der Waals surface area contributed by atoms with Gasteiger partial charge in [-0.1, -0.05) is 43.7 Å². The van der Waals surface area contributed by atoms with Crippen LogP contribution in [0.3, 0.4) is 0 Å². The first-order valence-electron chi connectivity index (χ1n) is 4.55. The van der Waals surface area contributed by atoms with E-state index in [1.54, 1.807) is 0 Å². The van der Waals surface area contributed by atoms with E-state index in [9.17, 15) is 0 Å². The zero-order valence-corrected chi connectivity index (χ0v) is 9.36. The lowest BCUT2D eigenvalue weighted by molar-refractivity contribution is 1.33. The van der Waals surface area contributed by atoms with E-state index in [1.807, 2.05) is 27.7 Å². The van der Waals surface area contributed by atoms with E-state index in [1.165, 1.54) is 11.1 Å². The van der Waals surface area contributed by atoms with Crippen LogP contribution in [0.4, 0.5) is 0 Å². The van der Waals surface area contributed by atoms with Crippen molar-refractivity contribution in [2.45, 2.75) is 41.5 Å². The SMILES string of the molecule is C=C(C)/C(C)=C\C(C)=C/C.CC. The molecule has 0 atom stereocenters. The molecule has 0 aromatic heterocycles. The van der Waals surface area contributed by atoms with Crippen molar-refractivity contribution in [1.82, 2.24) is 0 Å². The summed E-state index contributed by atoms with van der Waals surface area (Å²) in [5, 5.41) is 0. The molecular formula is C12H22. The smallest absolute Gasteiger partial charge is 0.0395 e. The Balaban J connectivity index is 0. The van der Waals surface area contributed by atoms with Gasteiger partial charge in [0.2, 0.25) is 0 Å². The molecule has 0 aliphatic carbocycles. The molecule has 0 nitrogen and oxygen atoms in total. The fourth-order valence-corrected chi connectivity index (χ4v) is 0.548. The second-order valence-electron chi connectivity index (χ2n) is 2.64. The molecule has 12 heavy (non-hydrogen) atoms. The molecule has 0 aliphatic heterocycles. The van der Waals surface area contributed by atoms with E-state index in [4.69, 9.17) is 0 Å². The van der Waals surface area contributed by atoms with Crippen LogP contribution in [-0.2, 0) is 0 Å². The molecule has 0 radical (unpaired) electrons. The van der Waals surface area contributed by atoms with Crippen LogP contribution in [0.25, 0.3) is 0 Å². The highest BCUT2D eigenvalue weighted by molar-refractivity contribution is 5.31. The minimum absolute atomic E-state index is 1.14. The Morgan fingerprint density at radius 3 is 1.75 bits per heavy atom. The van der Waals surface area contributed by atoms with Crippen molar-refractivity contribution in [3.05, 3.63) is 35.5 Å². The summed E-state index contributed by atoms with van der Waals surface area (Å²) in [5.41, 5.74) is 3.69. The van der Waals surface area contributed by atoms with E-state index in [-0.39, 0.29) is 0 Å². The van der Waals surface area contributed by atoms with Crippen LogP contribution in [0.15, 0.2) is 35.5 Å². The fourth-order valence-electron chi connectivity index (χ4n) is 0.548. The molecule has 0 N–H and O–H groups in total. The van der Waals surface area contributed by atoms with Gasteiger partial charge in [0.05, 0.1) is 0 Å². The Hall–Kier alpha value is -0.780. The predicted octanol–water partition coefficient (Wildman–Crippen LogP) is 4.50. The van der Waals surface area contributed by atoms with E-state index in [0.29, 0.717) is 0 Å². The van der Waals surface area contributed by atoms with Crippen molar-refractivity contribution < 1.29 is 0 Å². The summed E-state index contributed by atoms with van der Waals surface area (Å²) in [6, 6.07) is 0. The van der Waals surface area contributed by atoms with Crippen LogP contribution in [0, 0.1) is 0 Å². The highest BCUT2D eigenvalue weighted by Gasteiger charge is 1.87. The monoisotopic (exact) mass is 166 g/mol. The largest absolute Gasteiger partial charge is 0.0958 e. The quantitative estimate of drug-likeness (QED) is 0.530. The second kappa shape index (κ2) is 8.32. The third-order valence-corrected chi connectivity index (χ3v) is 1.57. The summed E-state index contributed by atoms with van der Waals surface area (Å²) < 4.78 is 0. The first-order valence-corrected chi connectivity index (χ1v) is 4.55. The summed E-state index contributed by atoms with van der Waals surface area (Å²) in [5.74, 6) is 0. The molecule has 0 aromatic rings. The van der Waals surface area contributed by atoms with Crippen molar-refractivity contribution in [1.29, 1.82) is 0 Å². The Bertz CT molecular complexity index is 180. The summed E-state index contributed by atoms with van der Waals surface area (Å²) in [6.45, 7) is 16.1. The average molecular weight is 166 g/mol. The Morgan fingerprint density at radius 2 is 1.50 bits per heavy atom. The number of allylic oxidation sites excluding steroid dienone is 5. The van der Waals surface area contributed by atoms with Gasteiger partial charge in [-0.05, 0) is 33.3 Å². The van der Waals surface area contributed by atoms with Crippen LogP contribution < -0.4 is 0 Å². The third-order valence-electron chi connectivity index (χ3n) is 1.57. The Morgan fingerprint density at radius 1 is 1.08 bits per heavy atom. The minimum atomic E-state index is 1.14. The molecule has 0 unspecified atom stereocenters. The van der Waals surface area contributed by atoms with Gasteiger partial charge in [-0.15, -0.1) is 0 Å². The van der Waals surface area contributed by atoms with E-state index in [0.717, 1.165) is 5.57 Å². The van der Waals surface area contributed by atoms with Gasteiger partial charge >= 0.3 is 0 Å². The summed E-state index contributed by atoms with van der Waals surface area (Å²) in [4.78, 5) is 0. The maximum atomic E-state index is 3.85. The molecule has 0 rings (SSSR count). The third kappa shape index (κ3) is 7.33. The molecule has 0 spiro atoms. The zero-order valence-electron chi connectivity index (χ0n) is 9.36. The number of rotatable bonds is 2. The number of hydrogen-bond acceptors (Lipinski definition) is 0. The normalized spacial score (nSPS) is 11.8. The lowest BCUT2D eigenvalue weighted by Gasteiger charge is -1.97. The van der Waals surface area contributed by atoms with Gasteiger partial charge in [0.15, 0.2) is 0 Å². The summed E-state index contributed by atoms with van der Waals surface area (Å²) in [7, 11) is 0. The van der Waals surface area contributed by atoms with Gasteiger partial charge in [-0.2, -0.15) is 0 Å². The zero-order chi connectivity index (χ0) is 10.1. The first kappa shape index (κ1) is 13.8. The van der Waals surface area contributed by atoms with Gasteiger partial charge in [0.1, 0.15) is 0 Å². The average Bonchev–Trinajstić information content (AvgIpc) is 2.07. The molecule has 0 saturated carbocycles. The van der Waals surface area contributed by atoms with Crippen LogP contribution in [0.5, 0.6) is 0 Å². The topological polar surface area (TPSA) is 0 Å². The highest BCUT2D eigenvalue weighted by Crippen LogP contribution is 2.08. The van der Waals surface area contributed by atoms with Crippen LogP contribution in [-0.4, -0.2) is 0 Å². The van der Waals surface area contributed by atoms with Crippen LogP contribution in [0.2, 0.25) is 0 Å². The van der Waals surface area contributed by atoms with E-state index >= 15 is 0 Å². The van der Waals surface area contributed by atoms with Crippen molar-refractivity contribution in [3.8, 4) is 0 Å². The van der Waals surface area contributed by atoms with Crippen LogP contribution >= 0.6 is 0 Å². The lowest BCUT2D eigenvalue weighted by atomic mass is 10.1. The summed E-state index contributed by atoms with van der Waals surface area (Å²) in [6.07, 6.45) is 4.23. The molecule has 0 saturated heterocycles. The fraction of sp³-hybridized carbons (Fsp3) is 0.500. The molecule has 0 amide bonds. The first-order chi connectivity index (χ1) is 5.57. The minimum Gasteiger partial charge on any atom is -0.0958 e. The van der Waals surface area contributed by atoms with Crippen molar-refractivity contribution >= 4 is 0 Å². The van der Waals surface area contributed by atoms with Crippen molar-refractivity contribution in [3.63, 3.8) is 0 Å². The van der Waals surface area contributed by atoms with Crippen molar-refractivity contribution in [2.24, 2.45) is 0 Å². The summed E-state index contributed by atoms with van der Waals surface area (Å²) >= 11 is 0. The molecule has 70 valence electrons. The predicted molar refractivity (Wildman–Crippen MR) is 59.4 cm³/mol. The maximum Gasteiger partial charge on any atom is -0.0395 e. The Kier molecular flexibility index (Phi) is 9.56. The molecular weight excluding hydrogens is 144 g/mol. The van der Waals surface area contributed by atoms with Gasteiger partial charge in [-0.25, -0.2) is 0 Å². The highest BCUT2D eigenvalue weighted by atomic mass is 13.9. The number of hydrogen-bond donors (Lipinski definition) is 0. The molecule has 0 aliphatic rings. The lowest BCUT2D eigenvalue weighted by Crippen LogP contribution is -1.77. The molecule has 0 heteroatoms. The molecule has 0 fully saturated rings.